The van der Waals surface area contributed by atoms with Crippen LogP contribution in [0, 0.1) is 11.8 Å². The predicted molar refractivity (Wildman–Crippen MR) is 40.4 cm³/mol. The van der Waals surface area contributed by atoms with Crippen molar-refractivity contribution in [2.45, 2.75) is 25.0 Å². The molecule has 0 bridgehead atoms. The number of carbonyl (C=O) groups is 2. The van der Waals surface area contributed by atoms with E-state index in [2.05, 4.69) is 0 Å². The first-order valence-corrected chi connectivity index (χ1v) is 3.95. The Kier molecular flexibility index (Phi) is 2.94. The zero-order valence-electron chi connectivity index (χ0n) is 6.59. The smallest absolute Gasteiger partial charge is 0.126 e. The number of aliphatic hydroxyl groups excluding tert-OH is 2. The van der Waals surface area contributed by atoms with E-state index in [9.17, 15) is 19.8 Å². The SMILES string of the molecule is O=CC[C@@H]1C(C=O)[C@H](O)C[C@@H]1O. The third kappa shape index (κ3) is 1.54. The van der Waals surface area contributed by atoms with E-state index < -0.39 is 24.0 Å². The highest BCUT2D eigenvalue weighted by atomic mass is 16.3. The number of hydrogen-bond acceptors (Lipinski definition) is 4. The zero-order valence-corrected chi connectivity index (χ0v) is 6.59. The van der Waals surface area contributed by atoms with Crippen LogP contribution in [0.15, 0.2) is 0 Å². The largest absolute Gasteiger partial charge is 0.393 e. The maximum Gasteiger partial charge on any atom is 0.126 e. The monoisotopic (exact) mass is 172 g/mol. The third-order valence-corrected chi connectivity index (χ3v) is 2.44. The fraction of sp³-hybridized carbons (Fsp3) is 0.750. The molecule has 0 heterocycles. The minimum absolute atomic E-state index is 0.141. The molecule has 1 aliphatic rings. The van der Waals surface area contributed by atoms with Crippen molar-refractivity contribution in [1.82, 2.24) is 0 Å². The molecule has 1 aliphatic carbocycles. The second kappa shape index (κ2) is 3.78. The summed E-state index contributed by atoms with van der Waals surface area (Å²) in [5.41, 5.74) is 0. The highest BCUT2D eigenvalue weighted by molar-refractivity contribution is 5.59. The number of rotatable bonds is 3. The van der Waals surface area contributed by atoms with Crippen molar-refractivity contribution in [3.63, 3.8) is 0 Å². The fourth-order valence-electron chi connectivity index (χ4n) is 1.74. The van der Waals surface area contributed by atoms with Crippen LogP contribution >= 0.6 is 0 Å². The normalized spacial score (nSPS) is 41.2. The highest BCUT2D eigenvalue weighted by Crippen LogP contribution is 2.32. The van der Waals surface area contributed by atoms with E-state index in [1.807, 2.05) is 0 Å². The summed E-state index contributed by atoms with van der Waals surface area (Å²) in [5, 5.41) is 18.6. The summed E-state index contributed by atoms with van der Waals surface area (Å²) in [5.74, 6) is -0.972. The van der Waals surface area contributed by atoms with E-state index in [1.165, 1.54) is 0 Å². The molecule has 0 spiro atoms. The van der Waals surface area contributed by atoms with E-state index >= 15 is 0 Å². The van der Waals surface area contributed by atoms with Gasteiger partial charge in [-0.3, -0.25) is 0 Å². The topological polar surface area (TPSA) is 74.6 Å². The lowest BCUT2D eigenvalue weighted by molar-refractivity contribution is -0.116. The molecule has 0 saturated heterocycles. The van der Waals surface area contributed by atoms with Crippen LogP contribution in [-0.4, -0.2) is 35.0 Å². The summed E-state index contributed by atoms with van der Waals surface area (Å²) in [6.07, 6.45) is 0.115. The maximum atomic E-state index is 10.5. The quantitative estimate of drug-likeness (QED) is 0.543. The number of aldehydes is 2. The molecule has 4 atom stereocenters. The molecule has 2 N–H and O–H groups in total. The predicted octanol–water partition coefficient (Wildman–Crippen LogP) is -0.868. The highest BCUT2D eigenvalue weighted by Gasteiger charge is 2.40. The van der Waals surface area contributed by atoms with Crippen LogP contribution in [0.2, 0.25) is 0 Å². The molecule has 12 heavy (non-hydrogen) atoms. The Balaban J connectivity index is 2.67. The molecule has 1 unspecified atom stereocenters. The molecule has 1 fully saturated rings. The summed E-state index contributed by atoms with van der Waals surface area (Å²) < 4.78 is 0. The molecule has 0 aliphatic heterocycles. The van der Waals surface area contributed by atoms with Crippen molar-refractivity contribution in [2.75, 3.05) is 0 Å². The average molecular weight is 172 g/mol. The van der Waals surface area contributed by atoms with Crippen LogP contribution in [-0.2, 0) is 9.59 Å². The van der Waals surface area contributed by atoms with Crippen LogP contribution in [0.25, 0.3) is 0 Å². The first-order valence-electron chi connectivity index (χ1n) is 3.95. The van der Waals surface area contributed by atoms with Gasteiger partial charge in [-0.1, -0.05) is 0 Å². The van der Waals surface area contributed by atoms with Crippen LogP contribution in [0.5, 0.6) is 0 Å². The van der Waals surface area contributed by atoms with Gasteiger partial charge in [-0.2, -0.15) is 0 Å². The second-order valence-electron chi connectivity index (χ2n) is 3.15. The minimum atomic E-state index is -0.789. The summed E-state index contributed by atoms with van der Waals surface area (Å²) in [6, 6.07) is 0. The van der Waals surface area contributed by atoms with Crippen molar-refractivity contribution in [1.29, 1.82) is 0 Å². The molecule has 4 heteroatoms. The average Bonchev–Trinajstić information content (AvgIpc) is 2.28. The number of carbonyl (C=O) groups excluding carboxylic acids is 2. The Labute approximate surface area is 70.2 Å². The van der Waals surface area contributed by atoms with E-state index in [4.69, 9.17) is 0 Å². The molecule has 0 radical (unpaired) electrons. The van der Waals surface area contributed by atoms with Gasteiger partial charge in [-0.15, -0.1) is 0 Å². The molecule has 1 rings (SSSR count). The van der Waals surface area contributed by atoms with Crippen molar-refractivity contribution >= 4 is 12.6 Å². The van der Waals surface area contributed by atoms with Crippen LogP contribution in [0.4, 0.5) is 0 Å². The van der Waals surface area contributed by atoms with Gasteiger partial charge in [0.25, 0.3) is 0 Å². The minimum Gasteiger partial charge on any atom is -0.393 e. The Morgan fingerprint density at radius 2 is 1.92 bits per heavy atom. The molecule has 4 nitrogen and oxygen atoms in total. The summed E-state index contributed by atoms with van der Waals surface area (Å²) in [6.45, 7) is 0. The zero-order chi connectivity index (χ0) is 9.14. The molecular formula is C8H12O4. The number of hydrogen-bond donors (Lipinski definition) is 2. The Bertz CT molecular complexity index is 180. The molecule has 0 aromatic rings. The van der Waals surface area contributed by atoms with Gasteiger partial charge in [0.05, 0.1) is 12.2 Å². The molecule has 0 aromatic heterocycles. The van der Waals surface area contributed by atoms with E-state index in [0.29, 0.717) is 12.6 Å². The number of aliphatic hydroxyl groups is 2. The third-order valence-electron chi connectivity index (χ3n) is 2.44. The standard InChI is InChI=1S/C8H12O4/c9-2-1-5-6(4-10)8(12)3-7(5)11/h2,4-8,11-12H,1,3H2/t5-,6?,7+,8-/m1/s1. The second-order valence-corrected chi connectivity index (χ2v) is 3.15. The lowest BCUT2D eigenvalue weighted by atomic mass is 9.92. The summed E-state index contributed by atoms with van der Waals surface area (Å²) in [4.78, 5) is 20.6. The molecule has 0 amide bonds. The van der Waals surface area contributed by atoms with Gasteiger partial charge in [0.15, 0.2) is 0 Å². The molecule has 1 saturated carbocycles. The Morgan fingerprint density at radius 3 is 2.42 bits per heavy atom. The van der Waals surface area contributed by atoms with Crippen molar-refractivity contribution in [3.05, 3.63) is 0 Å². The molecule has 68 valence electrons. The van der Waals surface area contributed by atoms with E-state index in [-0.39, 0.29) is 12.8 Å². The van der Waals surface area contributed by atoms with Gasteiger partial charge in [-0.05, 0) is 0 Å². The molecule has 0 aromatic carbocycles. The maximum absolute atomic E-state index is 10.5. The first-order chi connectivity index (χ1) is 5.70. The van der Waals surface area contributed by atoms with E-state index in [0.717, 1.165) is 0 Å². The van der Waals surface area contributed by atoms with Crippen molar-refractivity contribution in [2.24, 2.45) is 11.8 Å². The van der Waals surface area contributed by atoms with Crippen molar-refractivity contribution < 1.29 is 19.8 Å². The summed E-state index contributed by atoms with van der Waals surface area (Å²) in [7, 11) is 0. The Morgan fingerprint density at radius 1 is 1.25 bits per heavy atom. The lowest BCUT2D eigenvalue weighted by Crippen LogP contribution is -2.23. The van der Waals surface area contributed by atoms with Gasteiger partial charge in [-0.25, -0.2) is 0 Å². The Hall–Kier alpha value is -0.740. The lowest BCUT2D eigenvalue weighted by Gasteiger charge is -2.14. The first kappa shape index (κ1) is 9.35. The van der Waals surface area contributed by atoms with Gasteiger partial charge in [0, 0.05) is 24.7 Å². The van der Waals surface area contributed by atoms with Gasteiger partial charge < -0.3 is 19.8 Å². The van der Waals surface area contributed by atoms with Crippen LogP contribution in [0.3, 0.4) is 0 Å². The van der Waals surface area contributed by atoms with Crippen LogP contribution < -0.4 is 0 Å². The van der Waals surface area contributed by atoms with Crippen molar-refractivity contribution in [3.8, 4) is 0 Å². The van der Waals surface area contributed by atoms with Gasteiger partial charge in [0.2, 0.25) is 0 Å². The van der Waals surface area contributed by atoms with E-state index in [1.54, 1.807) is 0 Å². The van der Waals surface area contributed by atoms with Gasteiger partial charge in [0.1, 0.15) is 12.6 Å². The molecular weight excluding hydrogens is 160 g/mol. The van der Waals surface area contributed by atoms with Gasteiger partial charge >= 0.3 is 0 Å². The summed E-state index contributed by atoms with van der Waals surface area (Å²) >= 11 is 0. The fourth-order valence-corrected chi connectivity index (χ4v) is 1.74. The van der Waals surface area contributed by atoms with Crippen LogP contribution in [0.1, 0.15) is 12.8 Å².